The molecule has 0 aliphatic carbocycles. The van der Waals surface area contributed by atoms with Crippen molar-refractivity contribution in [1.29, 1.82) is 0 Å². The van der Waals surface area contributed by atoms with E-state index in [0.29, 0.717) is 0 Å². The summed E-state index contributed by atoms with van der Waals surface area (Å²) in [5.74, 6) is 0.824. The Morgan fingerprint density at radius 1 is 1.59 bits per heavy atom. The van der Waals surface area contributed by atoms with Crippen LogP contribution >= 0.6 is 0 Å². The lowest BCUT2D eigenvalue weighted by Gasteiger charge is -2.23. The molecule has 1 aliphatic heterocycles. The Morgan fingerprint density at radius 2 is 2.41 bits per heavy atom. The van der Waals surface area contributed by atoms with E-state index in [1.807, 2.05) is 24.6 Å². The highest BCUT2D eigenvalue weighted by Gasteiger charge is 2.21. The zero-order valence-electron chi connectivity index (χ0n) is 10.4. The standard InChI is InChI=1S/C12H20N4O/c1-9(2)16-11(6-8-14-16)15-12(17)10-5-3-4-7-13-10/h6,8-10,13H,3-5,7H2,1-2H3,(H,15,17)/t10-/m0/s1. The number of anilines is 1. The largest absolute Gasteiger partial charge is 0.310 e. The number of amides is 1. The fraction of sp³-hybridized carbons (Fsp3) is 0.667. The number of rotatable bonds is 3. The van der Waals surface area contributed by atoms with Crippen molar-refractivity contribution in [2.24, 2.45) is 0 Å². The second kappa shape index (κ2) is 5.31. The van der Waals surface area contributed by atoms with Gasteiger partial charge in [-0.05, 0) is 33.2 Å². The third-order valence-electron chi connectivity index (χ3n) is 3.04. The van der Waals surface area contributed by atoms with E-state index < -0.39 is 0 Å². The summed E-state index contributed by atoms with van der Waals surface area (Å²) in [4.78, 5) is 12.0. The van der Waals surface area contributed by atoms with Crippen molar-refractivity contribution in [3.8, 4) is 0 Å². The first-order valence-electron chi connectivity index (χ1n) is 6.26. The average molecular weight is 236 g/mol. The second-order valence-electron chi connectivity index (χ2n) is 4.75. The van der Waals surface area contributed by atoms with Crippen LogP contribution in [-0.2, 0) is 4.79 Å². The van der Waals surface area contributed by atoms with Crippen molar-refractivity contribution in [3.05, 3.63) is 12.3 Å². The van der Waals surface area contributed by atoms with Crippen molar-refractivity contribution < 1.29 is 4.79 Å². The molecule has 2 N–H and O–H groups in total. The minimum Gasteiger partial charge on any atom is -0.310 e. The molecule has 5 nitrogen and oxygen atoms in total. The summed E-state index contributed by atoms with van der Waals surface area (Å²) in [5.41, 5.74) is 0. The molecular formula is C12H20N4O. The molecule has 1 aliphatic rings. The first-order chi connectivity index (χ1) is 8.18. The lowest BCUT2D eigenvalue weighted by Crippen LogP contribution is -2.43. The van der Waals surface area contributed by atoms with Crippen LogP contribution < -0.4 is 10.6 Å². The first kappa shape index (κ1) is 12.1. The molecule has 5 heteroatoms. The quantitative estimate of drug-likeness (QED) is 0.837. The van der Waals surface area contributed by atoms with E-state index >= 15 is 0 Å². The van der Waals surface area contributed by atoms with Gasteiger partial charge in [-0.3, -0.25) is 4.79 Å². The highest BCUT2D eigenvalue weighted by Crippen LogP contribution is 2.15. The summed E-state index contributed by atoms with van der Waals surface area (Å²) in [7, 11) is 0. The van der Waals surface area contributed by atoms with E-state index in [-0.39, 0.29) is 18.0 Å². The summed E-state index contributed by atoms with van der Waals surface area (Å²) in [6, 6.07) is 2.03. The van der Waals surface area contributed by atoms with Gasteiger partial charge in [0.05, 0.1) is 12.2 Å². The van der Waals surface area contributed by atoms with Crippen LogP contribution in [0.1, 0.15) is 39.2 Å². The van der Waals surface area contributed by atoms with Gasteiger partial charge in [-0.2, -0.15) is 5.10 Å². The lowest BCUT2D eigenvalue weighted by molar-refractivity contribution is -0.118. The summed E-state index contributed by atoms with van der Waals surface area (Å²) >= 11 is 0. The van der Waals surface area contributed by atoms with E-state index in [1.165, 1.54) is 0 Å². The Bertz CT molecular complexity index is 380. The summed E-state index contributed by atoms with van der Waals surface area (Å²) in [5, 5.41) is 10.4. The molecule has 0 spiro atoms. The maximum absolute atomic E-state index is 12.0. The number of hydrogen-bond acceptors (Lipinski definition) is 3. The van der Waals surface area contributed by atoms with E-state index in [0.717, 1.165) is 31.6 Å². The Balaban J connectivity index is 1.99. The second-order valence-corrected chi connectivity index (χ2v) is 4.75. The number of nitrogens with one attached hydrogen (secondary N) is 2. The molecular weight excluding hydrogens is 216 g/mol. The average Bonchev–Trinajstić information content (AvgIpc) is 2.78. The first-order valence-corrected chi connectivity index (χ1v) is 6.26. The molecule has 0 radical (unpaired) electrons. The van der Waals surface area contributed by atoms with Crippen LogP contribution in [0.25, 0.3) is 0 Å². The Kier molecular flexibility index (Phi) is 3.78. The topological polar surface area (TPSA) is 59.0 Å². The van der Waals surface area contributed by atoms with Crippen LogP contribution in [0.3, 0.4) is 0 Å². The number of carbonyl (C=O) groups is 1. The van der Waals surface area contributed by atoms with Gasteiger partial charge in [0.2, 0.25) is 5.91 Å². The molecule has 1 saturated heterocycles. The zero-order chi connectivity index (χ0) is 12.3. The van der Waals surface area contributed by atoms with Gasteiger partial charge in [-0.1, -0.05) is 6.42 Å². The summed E-state index contributed by atoms with van der Waals surface area (Å²) < 4.78 is 1.82. The van der Waals surface area contributed by atoms with Crippen LogP contribution in [0.4, 0.5) is 5.82 Å². The molecule has 2 rings (SSSR count). The Morgan fingerprint density at radius 3 is 3.06 bits per heavy atom. The molecule has 94 valence electrons. The lowest BCUT2D eigenvalue weighted by atomic mass is 10.0. The maximum atomic E-state index is 12.0. The van der Waals surface area contributed by atoms with E-state index in [9.17, 15) is 4.79 Å². The van der Waals surface area contributed by atoms with Crippen molar-refractivity contribution in [1.82, 2.24) is 15.1 Å². The predicted molar refractivity (Wildman–Crippen MR) is 66.9 cm³/mol. The number of piperidine rings is 1. The van der Waals surface area contributed by atoms with Crippen LogP contribution in [0.2, 0.25) is 0 Å². The van der Waals surface area contributed by atoms with Gasteiger partial charge in [0.15, 0.2) is 0 Å². The molecule has 1 amide bonds. The van der Waals surface area contributed by atoms with Gasteiger partial charge < -0.3 is 10.6 Å². The third-order valence-corrected chi connectivity index (χ3v) is 3.04. The minimum absolute atomic E-state index is 0.0482. The van der Waals surface area contributed by atoms with Gasteiger partial charge in [-0.25, -0.2) is 4.68 Å². The van der Waals surface area contributed by atoms with Crippen molar-refractivity contribution in [2.45, 2.75) is 45.2 Å². The molecule has 0 bridgehead atoms. The number of aromatic nitrogens is 2. The smallest absolute Gasteiger partial charge is 0.242 e. The molecule has 1 aromatic heterocycles. The monoisotopic (exact) mass is 236 g/mol. The number of nitrogens with zero attached hydrogens (tertiary/aromatic N) is 2. The van der Waals surface area contributed by atoms with E-state index in [1.54, 1.807) is 6.20 Å². The fourth-order valence-electron chi connectivity index (χ4n) is 2.11. The molecule has 1 aromatic rings. The molecule has 1 atom stereocenters. The van der Waals surface area contributed by atoms with E-state index in [4.69, 9.17) is 0 Å². The molecule has 0 aromatic carbocycles. The highest BCUT2D eigenvalue weighted by molar-refractivity contribution is 5.94. The SMILES string of the molecule is CC(C)n1nccc1NC(=O)[C@@H]1CCCCN1. The van der Waals surface area contributed by atoms with E-state index in [2.05, 4.69) is 15.7 Å². The molecule has 0 unspecified atom stereocenters. The van der Waals surface area contributed by atoms with Gasteiger partial charge >= 0.3 is 0 Å². The van der Waals surface area contributed by atoms with Crippen LogP contribution in [0.15, 0.2) is 12.3 Å². The van der Waals surface area contributed by atoms with Gasteiger partial charge in [0.1, 0.15) is 5.82 Å². The molecule has 1 fully saturated rings. The summed E-state index contributed by atoms with van der Waals surface area (Å²) in [6.45, 7) is 5.02. The van der Waals surface area contributed by atoms with Gasteiger partial charge in [0, 0.05) is 12.1 Å². The Labute approximate surface area is 102 Å². The van der Waals surface area contributed by atoms with Crippen LogP contribution in [0.5, 0.6) is 0 Å². The van der Waals surface area contributed by atoms with Crippen molar-refractivity contribution >= 4 is 11.7 Å². The highest BCUT2D eigenvalue weighted by atomic mass is 16.2. The zero-order valence-corrected chi connectivity index (χ0v) is 10.4. The van der Waals surface area contributed by atoms with Gasteiger partial charge in [0.25, 0.3) is 0 Å². The molecule has 17 heavy (non-hydrogen) atoms. The Hall–Kier alpha value is -1.36. The van der Waals surface area contributed by atoms with Gasteiger partial charge in [-0.15, -0.1) is 0 Å². The fourth-order valence-corrected chi connectivity index (χ4v) is 2.11. The van der Waals surface area contributed by atoms with Crippen molar-refractivity contribution in [2.75, 3.05) is 11.9 Å². The number of hydrogen-bond donors (Lipinski definition) is 2. The van der Waals surface area contributed by atoms with Crippen LogP contribution in [-0.4, -0.2) is 28.3 Å². The summed E-state index contributed by atoms with van der Waals surface area (Å²) in [6.07, 6.45) is 4.91. The minimum atomic E-state index is -0.0562. The molecule has 2 heterocycles. The van der Waals surface area contributed by atoms with Crippen LogP contribution in [0, 0.1) is 0 Å². The predicted octanol–water partition coefficient (Wildman–Crippen LogP) is 1.54. The molecule has 0 saturated carbocycles. The van der Waals surface area contributed by atoms with Crippen molar-refractivity contribution in [3.63, 3.8) is 0 Å². The third kappa shape index (κ3) is 2.85. The maximum Gasteiger partial charge on any atom is 0.242 e. The normalized spacial score (nSPS) is 20.5. The number of carbonyl (C=O) groups excluding carboxylic acids is 1.